The zero-order chi connectivity index (χ0) is 34.3. The first-order valence-corrected chi connectivity index (χ1v) is 17.6. The Kier molecular flexibility index (Phi) is 9.56. The van der Waals surface area contributed by atoms with Crippen LogP contribution in [0.5, 0.6) is 5.75 Å². The third-order valence-electron chi connectivity index (χ3n) is 7.68. The Balaban J connectivity index is 1.65. The van der Waals surface area contributed by atoms with Crippen LogP contribution in [0.1, 0.15) is 84.0 Å². The molecule has 2 aliphatic rings. The van der Waals surface area contributed by atoms with E-state index in [0.717, 1.165) is 11.8 Å². The fourth-order valence-electron chi connectivity index (χ4n) is 6.02. The summed E-state index contributed by atoms with van der Waals surface area (Å²) in [5.41, 5.74) is 3.00. The number of carbonyl (C=O) groups excluding carboxylic acids is 1. The summed E-state index contributed by atoms with van der Waals surface area (Å²) in [5, 5.41) is 0. The Bertz CT molecular complexity index is 1780. The summed E-state index contributed by atoms with van der Waals surface area (Å²) < 4.78 is 66.3. The number of hydrogen-bond acceptors (Lipinski definition) is 8. The van der Waals surface area contributed by atoms with Gasteiger partial charge >= 0.3 is 5.97 Å². The van der Waals surface area contributed by atoms with Gasteiger partial charge < -0.3 is 18.9 Å². The van der Waals surface area contributed by atoms with E-state index in [1.807, 2.05) is 46.8 Å². The molecule has 11 heteroatoms. The maximum absolute atomic E-state index is 14.2. The van der Waals surface area contributed by atoms with E-state index in [0.29, 0.717) is 40.2 Å². The minimum atomic E-state index is -3.87. The second-order valence-corrected chi connectivity index (χ2v) is 15.5. The lowest BCUT2D eigenvalue weighted by molar-refractivity contribution is -0.290. The van der Waals surface area contributed by atoms with Gasteiger partial charge in [0.05, 0.1) is 30.6 Å². The molecule has 1 saturated heterocycles. The number of benzene rings is 2. The summed E-state index contributed by atoms with van der Waals surface area (Å²) in [7, 11) is -3.87. The number of para-hydroxylation sites is 2. The van der Waals surface area contributed by atoms with E-state index < -0.39 is 39.4 Å². The van der Waals surface area contributed by atoms with Crippen molar-refractivity contribution in [1.29, 1.82) is 0 Å². The van der Waals surface area contributed by atoms with Crippen molar-refractivity contribution >= 4 is 33.6 Å². The highest BCUT2D eigenvalue weighted by molar-refractivity contribution is 7.92. The van der Waals surface area contributed by atoms with Crippen LogP contribution in [-0.4, -0.2) is 49.2 Å². The average molecular weight is 667 g/mol. The van der Waals surface area contributed by atoms with E-state index in [9.17, 15) is 17.6 Å². The van der Waals surface area contributed by atoms with Crippen molar-refractivity contribution in [3.63, 3.8) is 0 Å². The van der Waals surface area contributed by atoms with Crippen molar-refractivity contribution in [2.75, 3.05) is 10.6 Å². The first kappa shape index (κ1) is 34.5. The Labute approximate surface area is 276 Å². The summed E-state index contributed by atoms with van der Waals surface area (Å²) in [6, 6.07) is 13.0. The SMILES string of the molecule is CC(C)c1nc2c(c(-c3ccc(F)cc3)c1C=C[C@@H]1C[C@H](CC(=O)OC(C)(C)C)OC(C)(C)O1)COc1ccccc1N2S(C)(=O)=O. The number of carbonyl (C=O) groups is 1. The number of ether oxygens (including phenoxy) is 4. The normalized spacial score (nSPS) is 19.6. The number of fused-ring (bicyclic) bond motifs is 2. The molecule has 2 atom stereocenters. The standard InChI is InChI=1S/C36H43FN2O7S/c1-22(2)33-27(18-17-25-19-26(45-36(6,7)44-25)20-31(40)46-35(3,4)5)32(23-13-15-24(37)16-14-23)28-21-43-30-12-10-9-11-29(30)39(34(28)38-33)47(8,41)42/h9-18,22,25-26H,19-21H2,1-8H3/t25-,26-/m1/s1. The predicted molar refractivity (Wildman–Crippen MR) is 179 cm³/mol. The molecule has 1 aromatic heterocycles. The monoisotopic (exact) mass is 666 g/mol. The number of rotatable bonds is 7. The molecular weight excluding hydrogens is 623 g/mol. The molecule has 0 unspecified atom stereocenters. The van der Waals surface area contributed by atoms with Gasteiger partial charge in [0.25, 0.3) is 0 Å². The maximum atomic E-state index is 14.2. The largest absolute Gasteiger partial charge is 0.487 e. The first-order chi connectivity index (χ1) is 21.9. The van der Waals surface area contributed by atoms with Crippen LogP contribution < -0.4 is 9.04 Å². The molecule has 2 aromatic carbocycles. The molecule has 0 aliphatic carbocycles. The molecule has 3 aromatic rings. The van der Waals surface area contributed by atoms with E-state index in [1.165, 1.54) is 16.4 Å². The van der Waals surface area contributed by atoms with E-state index in [1.54, 1.807) is 50.2 Å². The van der Waals surface area contributed by atoms with Crippen LogP contribution in [-0.2, 0) is 35.6 Å². The molecule has 0 bridgehead atoms. The van der Waals surface area contributed by atoms with Crippen molar-refractivity contribution in [3.8, 4) is 16.9 Å². The smallest absolute Gasteiger partial charge is 0.308 e. The zero-order valence-corrected chi connectivity index (χ0v) is 29.0. The van der Waals surface area contributed by atoms with Gasteiger partial charge in [0, 0.05) is 23.1 Å². The molecule has 0 amide bonds. The lowest BCUT2D eigenvalue weighted by Crippen LogP contribution is -2.45. The number of sulfonamides is 1. The van der Waals surface area contributed by atoms with Gasteiger partial charge in [0.15, 0.2) is 11.6 Å². The maximum Gasteiger partial charge on any atom is 0.308 e. The summed E-state index contributed by atoms with van der Waals surface area (Å²) in [6.45, 7) is 13.1. The third-order valence-corrected chi connectivity index (χ3v) is 8.71. The minimum Gasteiger partial charge on any atom is -0.487 e. The van der Waals surface area contributed by atoms with Crippen molar-refractivity contribution in [2.45, 2.75) is 97.4 Å². The van der Waals surface area contributed by atoms with Crippen LogP contribution in [0.15, 0.2) is 54.6 Å². The number of aromatic nitrogens is 1. The number of pyridine rings is 1. The van der Waals surface area contributed by atoms with Crippen molar-refractivity contribution in [1.82, 2.24) is 4.98 Å². The highest BCUT2D eigenvalue weighted by atomic mass is 32.2. The van der Waals surface area contributed by atoms with Gasteiger partial charge in [-0.15, -0.1) is 0 Å². The summed E-state index contributed by atoms with van der Waals surface area (Å²) in [5.74, 6) is -1.22. The van der Waals surface area contributed by atoms with Gasteiger partial charge in [0.2, 0.25) is 10.0 Å². The van der Waals surface area contributed by atoms with Crippen LogP contribution in [0.4, 0.5) is 15.9 Å². The molecule has 47 heavy (non-hydrogen) atoms. The highest BCUT2D eigenvalue weighted by Crippen LogP contribution is 2.46. The van der Waals surface area contributed by atoms with E-state index in [2.05, 4.69) is 0 Å². The molecule has 0 saturated carbocycles. The molecular formula is C36H43FN2O7S. The van der Waals surface area contributed by atoms with Crippen molar-refractivity contribution in [2.24, 2.45) is 0 Å². The molecule has 3 heterocycles. The molecule has 252 valence electrons. The lowest BCUT2D eigenvalue weighted by Gasteiger charge is -2.40. The van der Waals surface area contributed by atoms with E-state index >= 15 is 0 Å². The molecule has 0 spiro atoms. The fraction of sp³-hybridized carbons (Fsp3) is 0.444. The van der Waals surface area contributed by atoms with Gasteiger partial charge in [-0.1, -0.05) is 50.3 Å². The van der Waals surface area contributed by atoms with Crippen molar-refractivity contribution < 1.29 is 36.6 Å². The molecule has 2 aliphatic heterocycles. The van der Waals surface area contributed by atoms with Gasteiger partial charge in [0.1, 0.15) is 29.5 Å². The minimum absolute atomic E-state index is 0.0239. The number of nitrogens with zero attached hydrogens (tertiary/aromatic N) is 2. The Morgan fingerprint density at radius 1 is 1.13 bits per heavy atom. The lowest BCUT2D eigenvalue weighted by atomic mass is 9.90. The highest BCUT2D eigenvalue weighted by Gasteiger charge is 2.37. The third kappa shape index (κ3) is 8.02. The number of halogens is 1. The summed E-state index contributed by atoms with van der Waals surface area (Å²) in [6.07, 6.45) is 4.57. The molecule has 0 N–H and O–H groups in total. The van der Waals surface area contributed by atoms with Crippen LogP contribution in [0.3, 0.4) is 0 Å². The van der Waals surface area contributed by atoms with Crippen LogP contribution >= 0.6 is 0 Å². The second-order valence-electron chi connectivity index (χ2n) is 13.7. The van der Waals surface area contributed by atoms with Crippen LogP contribution in [0, 0.1) is 5.82 Å². The van der Waals surface area contributed by atoms with E-state index in [4.69, 9.17) is 23.9 Å². The van der Waals surface area contributed by atoms with Gasteiger partial charge in [-0.25, -0.2) is 22.1 Å². The Morgan fingerprint density at radius 2 is 1.81 bits per heavy atom. The van der Waals surface area contributed by atoms with E-state index in [-0.39, 0.29) is 30.7 Å². The molecule has 5 rings (SSSR count). The fourth-order valence-corrected chi connectivity index (χ4v) is 6.99. The number of anilines is 2. The Morgan fingerprint density at radius 3 is 2.45 bits per heavy atom. The van der Waals surface area contributed by atoms with Gasteiger partial charge in [-0.05, 0) is 70.4 Å². The Hall–Kier alpha value is -3.80. The van der Waals surface area contributed by atoms with Crippen molar-refractivity contribution in [3.05, 3.63) is 77.2 Å². The topological polar surface area (TPSA) is 104 Å². The van der Waals surface area contributed by atoms with Crippen LogP contribution in [0.25, 0.3) is 17.2 Å². The number of esters is 1. The molecule has 0 radical (unpaired) electrons. The molecule has 1 fully saturated rings. The first-order valence-electron chi connectivity index (χ1n) is 15.7. The summed E-state index contributed by atoms with van der Waals surface area (Å²) in [4.78, 5) is 17.7. The predicted octanol–water partition coefficient (Wildman–Crippen LogP) is 7.66. The second kappa shape index (κ2) is 13.0. The quantitative estimate of drug-likeness (QED) is 0.237. The zero-order valence-electron chi connectivity index (χ0n) is 28.2. The number of hydrogen-bond donors (Lipinski definition) is 0. The van der Waals surface area contributed by atoms with Crippen LogP contribution in [0.2, 0.25) is 0 Å². The van der Waals surface area contributed by atoms with Gasteiger partial charge in [-0.3, -0.25) is 4.79 Å². The molecule has 9 nitrogen and oxygen atoms in total. The summed E-state index contributed by atoms with van der Waals surface area (Å²) >= 11 is 0. The van der Waals surface area contributed by atoms with Gasteiger partial charge in [-0.2, -0.15) is 0 Å². The average Bonchev–Trinajstić information content (AvgIpc) is 3.10.